The number of rotatable bonds is 5. The average Bonchev–Trinajstić information content (AvgIpc) is 2.89. The van der Waals surface area contributed by atoms with Gasteiger partial charge in [0.25, 0.3) is 0 Å². The number of hydrogen-bond donors (Lipinski definition) is 2. The summed E-state index contributed by atoms with van der Waals surface area (Å²) in [6.07, 6.45) is 2.33. The van der Waals surface area contributed by atoms with Crippen molar-refractivity contribution >= 4 is 11.9 Å². The van der Waals surface area contributed by atoms with Crippen molar-refractivity contribution in [1.82, 2.24) is 15.0 Å². The molecule has 0 spiro atoms. The largest absolute Gasteiger partial charge is 0.463 e. The van der Waals surface area contributed by atoms with E-state index >= 15 is 0 Å². The number of hydrogen-bond acceptors (Lipinski definition) is 7. The second kappa shape index (κ2) is 5.81. The third-order valence-electron chi connectivity index (χ3n) is 2.67. The molecule has 1 saturated heterocycles. The van der Waals surface area contributed by atoms with Crippen LogP contribution in [0.2, 0.25) is 0 Å². The van der Waals surface area contributed by atoms with Crippen molar-refractivity contribution in [3.63, 3.8) is 0 Å². The molecule has 0 aromatic carbocycles. The Bertz CT molecular complexity index is 391. The van der Waals surface area contributed by atoms with Gasteiger partial charge in [0.05, 0.1) is 6.61 Å². The van der Waals surface area contributed by atoms with Gasteiger partial charge in [-0.15, -0.1) is 0 Å². The Morgan fingerprint density at radius 3 is 2.61 bits per heavy atom. The van der Waals surface area contributed by atoms with Crippen molar-refractivity contribution in [2.45, 2.75) is 26.7 Å². The molecule has 2 heterocycles. The van der Waals surface area contributed by atoms with Crippen molar-refractivity contribution < 1.29 is 4.74 Å². The van der Waals surface area contributed by atoms with E-state index < -0.39 is 0 Å². The molecule has 100 valence electrons. The van der Waals surface area contributed by atoms with Crippen LogP contribution in [0.3, 0.4) is 0 Å². The molecule has 7 nitrogen and oxygen atoms in total. The monoisotopic (exact) mass is 252 g/mol. The molecule has 0 aliphatic carbocycles. The maximum atomic E-state index is 5.53. The van der Waals surface area contributed by atoms with Crippen molar-refractivity contribution in [2.75, 3.05) is 30.0 Å². The quantitative estimate of drug-likeness (QED) is 0.591. The van der Waals surface area contributed by atoms with E-state index in [1.54, 1.807) is 0 Å². The lowest BCUT2D eigenvalue weighted by Crippen LogP contribution is -2.23. The number of nitrogens with two attached hydrogens (primary N) is 1. The Labute approximate surface area is 107 Å². The van der Waals surface area contributed by atoms with Gasteiger partial charge in [-0.05, 0) is 18.8 Å². The van der Waals surface area contributed by atoms with Gasteiger partial charge in [0.2, 0.25) is 11.9 Å². The molecule has 3 N–H and O–H groups in total. The van der Waals surface area contributed by atoms with E-state index in [-0.39, 0.29) is 0 Å². The first-order valence-corrected chi connectivity index (χ1v) is 6.29. The molecule has 7 heteroatoms. The van der Waals surface area contributed by atoms with Crippen LogP contribution in [-0.4, -0.2) is 34.6 Å². The van der Waals surface area contributed by atoms with Gasteiger partial charge in [0.1, 0.15) is 0 Å². The molecule has 1 fully saturated rings. The number of aromatic nitrogens is 3. The van der Waals surface area contributed by atoms with E-state index in [9.17, 15) is 0 Å². The molecule has 0 atom stereocenters. The number of ether oxygens (including phenoxy) is 1. The first-order chi connectivity index (χ1) is 8.69. The average molecular weight is 252 g/mol. The number of anilines is 2. The summed E-state index contributed by atoms with van der Waals surface area (Å²) in [7, 11) is 0. The van der Waals surface area contributed by atoms with Crippen LogP contribution in [0.25, 0.3) is 0 Å². The highest BCUT2D eigenvalue weighted by Gasteiger charge is 2.17. The molecule has 0 amide bonds. The van der Waals surface area contributed by atoms with E-state index in [2.05, 4.69) is 39.1 Å². The number of nitrogens with one attached hydrogen (secondary N) is 1. The zero-order valence-corrected chi connectivity index (χ0v) is 10.9. The summed E-state index contributed by atoms with van der Waals surface area (Å²) in [6.45, 7) is 6.66. The topological polar surface area (TPSA) is 89.2 Å². The van der Waals surface area contributed by atoms with Gasteiger partial charge in [-0.3, -0.25) is 5.43 Å². The van der Waals surface area contributed by atoms with Crippen molar-refractivity contribution in [1.29, 1.82) is 0 Å². The van der Waals surface area contributed by atoms with E-state index in [0.29, 0.717) is 30.4 Å². The third-order valence-corrected chi connectivity index (χ3v) is 2.67. The van der Waals surface area contributed by atoms with Gasteiger partial charge in [-0.2, -0.15) is 15.0 Å². The van der Waals surface area contributed by atoms with Gasteiger partial charge in [-0.25, -0.2) is 5.84 Å². The Morgan fingerprint density at radius 1 is 1.28 bits per heavy atom. The highest BCUT2D eigenvalue weighted by Crippen LogP contribution is 2.19. The lowest BCUT2D eigenvalue weighted by atomic mass is 10.2. The summed E-state index contributed by atoms with van der Waals surface area (Å²) >= 11 is 0. The summed E-state index contributed by atoms with van der Waals surface area (Å²) < 4.78 is 5.53. The minimum absolute atomic E-state index is 0.327. The van der Waals surface area contributed by atoms with Gasteiger partial charge >= 0.3 is 6.01 Å². The SMILES string of the molecule is CC(C)COc1nc(NN)nc(N2CCCC2)n1. The fraction of sp³-hybridized carbons (Fsp3) is 0.727. The van der Waals surface area contributed by atoms with Crippen LogP contribution in [0.15, 0.2) is 0 Å². The van der Waals surface area contributed by atoms with E-state index in [1.807, 2.05) is 0 Å². The molecular formula is C11H20N6O. The molecule has 0 saturated carbocycles. The van der Waals surface area contributed by atoms with E-state index in [0.717, 1.165) is 13.1 Å². The molecule has 1 aromatic heterocycles. The Kier molecular flexibility index (Phi) is 4.14. The van der Waals surface area contributed by atoms with Crippen molar-refractivity contribution in [2.24, 2.45) is 11.8 Å². The number of hydrazine groups is 1. The molecule has 0 radical (unpaired) electrons. The predicted molar refractivity (Wildman–Crippen MR) is 69.4 cm³/mol. The zero-order valence-electron chi connectivity index (χ0n) is 10.9. The van der Waals surface area contributed by atoms with Crippen molar-refractivity contribution in [3.8, 4) is 6.01 Å². The molecule has 1 aliphatic heterocycles. The first-order valence-electron chi connectivity index (χ1n) is 6.29. The number of nitrogen functional groups attached to an aromatic ring is 1. The predicted octanol–water partition coefficient (Wildman–Crippen LogP) is 0.792. The normalized spacial score (nSPS) is 15.2. The molecule has 1 aromatic rings. The molecular weight excluding hydrogens is 232 g/mol. The zero-order chi connectivity index (χ0) is 13.0. The van der Waals surface area contributed by atoms with Gasteiger partial charge in [0, 0.05) is 13.1 Å². The summed E-state index contributed by atoms with van der Waals surface area (Å²) in [5.41, 5.74) is 2.45. The highest BCUT2D eigenvalue weighted by molar-refractivity contribution is 5.38. The van der Waals surface area contributed by atoms with Crippen molar-refractivity contribution in [3.05, 3.63) is 0 Å². The second-order valence-corrected chi connectivity index (χ2v) is 4.78. The Hall–Kier alpha value is -1.63. The summed E-state index contributed by atoms with van der Waals surface area (Å²) in [6, 6.07) is 0.327. The van der Waals surface area contributed by atoms with Gasteiger partial charge in [-0.1, -0.05) is 13.8 Å². The van der Waals surface area contributed by atoms with E-state index in [4.69, 9.17) is 10.6 Å². The highest BCUT2D eigenvalue weighted by atomic mass is 16.5. The van der Waals surface area contributed by atoms with E-state index in [1.165, 1.54) is 12.8 Å². The first kappa shape index (κ1) is 12.8. The minimum Gasteiger partial charge on any atom is -0.463 e. The fourth-order valence-electron chi connectivity index (χ4n) is 1.77. The van der Waals surface area contributed by atoms with Crippen LogP contribution >= 0.6 is 0 Å². The van der Waals surface area contributed by atoms with Crippen LogP contribution in [0.4, 0.5) is 11.9 Å². The minimum atomic E-state index is 0.327. The third kappa shape index (κ3) is 3.19. The summed E-state index contributed by atoms with van der Waals surface area (Å²) in [4.78, 5) is 14.8. The summed E-state index contributed by atoms with van der Waals surface area (Å²) in [5.74, 6) is 6.76. The van der Waals surface area contributed by atoms with Crippen LogP contribution in [0.5, 0.6) is 6.01 Å². The lowest BCUT2D eigenvalue weighted by Gasteiger charge is -2.16. The maximum absolute atomic E-state index is 5.53. The number of nitrogens with zero attached hydrogens (tertiary/aromatic N) is 4. The van der Waals surface area contributed by atoms with Gasteiger partial charge < -0.3 is 9.64 Å². The molecule has 1 aliphatic rings. The van der Waals surface area contributed by atoms with Crippen LogP contribution < -0.4 is 20.9 Å². The Morgan fingerprint density at radius 2 is 2.00 bits per heavy atom. The fourth-order valence-corrected chi connectivity index (χ4v) is 1.77. The smallest absolute Gasteiger partial charge is 0.323 e. The molecule has 0 bridgehead atoms. The molecule has 2 rings (SSSR count). The standard InChI is InChI=1S/C11H20N6O/c1-8(2)7-18-11-14-9(16-12)13-10(15-11)17-5-3-4-6-17/h8H,3-7,12H2,1-2H3,(H,13,14,15,16). The van der Waals surface area contributed by atoms with Gasteiger partial charge in [0.15, 0.2) is 0 Å². The molecule has 18 heavy (non-hydrogen) atoms. The van der Waals surface area contributed by atoms with Crippen LogP contribution in [0, 0.1) is 5.92 Å². The van der Waals surface area contributed by atoms with Crippen LogP contribution in [0.1, 0.15) is 26.7 Å². The maximum Gasteiger partial charge on any atom is 0.323 e. The van der Waals surface area contributed by atoms with Crippen LogP contribution in [-0.2, 0) is 0 Å². The second-order valence-electron chi connectivity index (χ2n) is 4.78. The molecule has 0 unspecified atom stereocenters. The summed E-state index contributed by atoms with van der Waals surface area (Å²) in [5, 5.41) is 0. The lowest BCUT2D eigenvalue weighted by molar-refractivity contribution is 0.250. The Balaban J connectivity index is 2.15.